The molecule has 5 heteroatoms. The number of aryl methyl sites for hydroxylation is 2. The molecule has 0 aliphatic rings. The molecule has 1 aromatic carbocycles. The van der Waals surface area contributed by atoms with E-state index in [1.165, 1.54) is 27.6 Å². The van der Waals surface area contributed by atoms with E-state index in [0.717, 1.165) is 24.6 Å². The summed E-state index contributed by atoms with van der Waals surface area (Å²) in [7, 11) is 1.79. The van der Waals surface area contributed by atoms with Crippen LogP contribution in [-0.2, 0) is 13.0 Å². The third-order valence-electron chi connectivity index (χ3n) is 4.45. The van der Waals surface area contributed by atoms with Gasteiger partial charge in [0.05, 0.1) is 12.2 Å². The number of rotatable bonds is 5. The van der Waals surface area contributed by atoms with Crippen LogP contribution >= 0.6 is 0 Å². The van der Waals surface area contributed by atoms with Crippen LogP contribution in [0.1, 0.15) is 22.4 Å². The van der Waals surface area contributed by atoms with Gasteiger partial charge in [-0.25, -0.2) is 0 Å². The van der Waals surface area contributed by atoms with Crippen LogP contribution in [0, 0.1) is 13.8 Å². The molecular formula is C20H25N5. The molecular weight excluding hydrogens is 310 g/mol. The van der Waals surface area contributed by atoms with E-state index < -0.39 is 0 Å². The maximum atomic E-state index is 4.40. The van der Waals surface area contributed by atoms with Gasteiger partial charge in [-0.05, 0) is 49.1 Å². The van der Waals surface area contributed by atoms with Gasteiger partial charge in [0, 0.05) is 36.9 Å². The fourth-order valence-corrected chi connectivity index (χ4v) is 3.06. The van der Waals surface area contributed by atoms with E-state index in [-0.39, 0.29) is 0 Å². The van der Waals surface area contributed by atoms with Gasteiger partial charge >= 0.3 is 0 Å². The number of H-pyrrole nitrogens is 1. The Bertz CT molecular complexity index is 879. The fourth-order valence-electron chi connectivity index (χ4n) is 3.06. The van der Waals surface area contributed by atoms with Crippen molar-refractivity contribution in [2.24, 2.45) is 4.99 Å². The van der Waals surface area contributed by atoms with Crippen molar-refractivity contribution in [1.82, 2.24) is 20.6 Å². The molecule has 0 bridgehead atoms. The Hall–Kier alpha value is -2.82. The molecule has 0 radical (unpaired) electrons. The minimum absolute atomic E-state index is 0.665. The van der Waals surface area contributed by atoms with Crippen LogP contribution in [0.5, 0.6) is 0 Å². The van der Waals surface area contributed by atoms with Gasteiger partial charge in [0.1, 0.15) is 0 Å². The monoisotopic (exact) mass is 335 g/mol. The number of hydrogen-bond donors (Lipinski definition) is 3. The van der Waals surface area contributed by atoms with Crippen LogP contribution in [0.15, 0.2) is 47.7 Å². The largest absolute Gasteiger partial charge is 0.361 e. The van der Waals surface area contributed by atoms with Crippen molar-refractivity contribution in [3.05, 3.63) is 65.1 Å². The summed E-state index contributed by atoms with van der Waals surface area (Å²) in [6.45, 7) is 5.71. The van der Waals surface area contributed by atoms with Gasteiger partial charge in [0.2, 0.25) is 0 Å². The van der Waals surface area contributed by atoms with Gasteiger partial charge in [0.25, 0.3) is 0 Å². The van der Waals surface area contributed by atoms with Crippen molar-refractivity contribution in [3.63, 3.8) is 0 Å². The molecule has 2 heterocycles. The van der Waals surface area contributed by atoms with E-state index in [1.807, 2.05) is 12.3 Å². The van der Waals surface area contributed by atoms with Crippen molar-refractivity contribution >= 4 is 16.9 Å². The summed E-state index contributed by atoms with van der Waals surface area (Å²) in [6, 6.07) is 10.4. The molecule has 3 rings (SSSR count). The summed E-state index contributed by atoms with van der Waals surface area (Å²) in [4.78, 5) is 12.0. The maximum Gasteiger partial charge on any atom is 0.191 e. The van der Waals surface area contributed by atoms with Crippen LogP contribution < -0.4 is 10.6 Å². The van der Waals surface area contributed by atoms with Gasteiger partial charge in [-0.2, -0.15) is 0 Å². The summed E-state index contributed by atoms with van der Waals surface area (Å²) in [5.41, 5.74) is 6.05. The number of hydrogen-bond acceptors (Lipinski definition) is 2. The number of fused-ring (bicyclic) bond motifs is 1. The lowest BCUT2D eigenvalue weighted by molar-refractivity contribution is 0.781. The fraction of sp³-hybridized carbons (Fsp3) is 0.300. The Kier molecular flexibility index (Phi) is 5.33. The van der Waals surface area contributed by atoms with E-state index >= 15 is 0 Å². The Morgan fingerprint density at radius 1 is 1.12 bits per heavy atom. The molecule has 0 atom stereocenters. The zero-order valence-electron chi connectivity index (χ0n) is 15.1. The number of aromatic amines is 1. The molecule has 130 valence electrons. The molecule has 0 fully saturated rings. The lowest BCUT2D eigenvalue weighted by atomic mass is 10.1. The van der Waals surface area contributed by atoms with Crippen molar-refractivity contribution in [3.8, 4) is 0 Å². The number of pyridine rings is 1. The molecule has 0 aliphatic heterocycles. The molecule has 3 aromatic rings. The van der Waals surface area contributed by atoms with Crippen molar-refractivity contribution < 1.29 is 0 Å². The summed E-state index contributed by atoms with van der Waals surface area (Å²) < 4.78 is 0. The van der Waals surface area contributed by atoms with Crippen molar-refractivity contribution in [1.29, 1.82) is 0 Å². The Morgan fingerprint density at radius 2 is 1.96 bits per heavy atom. The van der Waals surface area contributed by atoms with Crippen LogP contribution in [-0.4, -0.2) is 29.5 Å². The first kappa shape index (κ1) is 17.0. The number of benzene rings is 1. The predicted octanol–water partition coefficient (Wildman–Crippen LogP) is 3.09. The van der Waals surface area contributed by atoms with E-state index in [2.05, 4.69) is 69.9 Å². The number of aromatic nitrogens is 2. The van der Waals surface area contributed by atoms with Crippen molar-refractivity contribution in [2.75, 3.05) is 13.6 Å². The minimum Gasteiger partial charge on any atom is -0.361 e. The summed E-state index contributed by atoms with van der Waals surface area (Å²) in [6.07, 6.45) is 4.86. The van der Waals surface area contributed by atoms with Crippen LogP contribution in [0.3, 0.4) is 0 Å². The van der Waals surface area contributed by atoms with Gasteiger partial charge < -0.3 is 15.6 Å². The molecule has 0 aliphatic carbocycles. The second-order valence-corrected chi connectivity index (χ2v) is 6.18. The molecule has 3 N–H and O–H groups in total. The van der Waals surface area contributed by atoms with Crippen LogP contribution in [0.4, 0.5) is 0 Å². The SMILES string of the molecule is CN=C(NCCc1c[nH]c2cccc(C)c12)NCc1ncccc1C. The molecule has 0 saturated heterocycles. The average molecular weight is 335 g/mol. The first-order chi connectivity index (χ1) is 12.2. The van der Waals surface area contributed by atoms with E-state index in [9.17, 15) is 0 Å². The quantitative estimate of drug-likeness (QED) is 0.496. The highest BCUT2D eigenvalue weighted by molar-refractivity contribution is 5.86. The molecule has 0 saturated carbocycles. The first-order valence-electron chi connectivity index (χ1n) is 8.59. The number of aliphatic imine (C=N–C) groups is 1. The van der Waals surface area contributed by atoms with Gasteiger partial charge in [0.15, 0.2) is 5.96 Å². The lowest BCUT2D eigenvalue weighted by Gasteiger charge is -2.12. The topological polar surface area (TPSA) is 65.1 Å². The molecule has 0 spiro atoms. The lowest BCUT2D eigenvalue weighted by Crippen LogP contribution is -2.38. The van der Waals surface area contributed by atoms with E-state index in [1.54, 1.807) is 7.05 Å². The zero-order chi connectivity index (χ0) is 17.6. The van der Waals surface area contributed by atoms with E-state index in [0.29, 0.717) is 6.54 Å². The number of nitrogens with one attached hydrogen (secondary N) is 3. The normalized spacial score (nSPS) is 11.7. The predicted molar refractivity (Wildman–Crippen MR) is 104 cm³/mol. The maximum absolute atomic E-state index is 4.40. The first-order valence-corrected chi connectivity index (χ1v) is 8.59. The number of nitrogens with zero attached hydrogens (tertiary/aromatic N) is 2. The third kappa shape index (κ3) is 3.99. The smallest absolute Gasteiger partial charge is 0.191 e. The highest BCUT2D eigenvalue weighted by atomic mass is 15.2. The molecule has 5 nitrogen and oxygen atoms in total. The highest BCUT2D eigenvalue weighted by Gasteiger charge is 2.06. The summed E-state index contributed by atoms with van der Waals surface area (Å²) >= 11 is 0. The third-order valence-corrected chi connectivity index (χ3v) is 4.45. The highest BCUT2D eigenvalue weighted by Crippen LogP contribution is 2.22. The van der Waals surface area contributed by atoms with Crippen LogP contribution in [0.25, 0.3) is 10.9 Å². The minimum atomic E-state index is 0.665. The van der Waals surface area contributed by atoms with Crippen LogP contribution in [0.2, 0.25) is 0 Å². The standard InChI is InChI=1S/C20H25N5/c1-14-7-5-10-22-18(14)13-25-20(21-3)23-11-9-16-12-24-17-8-4-6-15(2)19(16)17/h4-8,10,12,24H,9,11,13H2,1-3H3,(H2,21,23,25). The molecule has 25 heavy (non-hydrogen) atoms. The van der Waals surface area contributed by atoms with Gasteiger partial charge in [-0.15, -0.1) is 0 Å². The Balaban J connectivity index is 1.56. The zero-order valence-corrected chi connectivity index (χ0v) is 15.1. The molecule has 0 unspecified atom stereocenters. The Morgan fingerprint density at radius 3 is 2.76 bits per heavy atom. The van der Waals surface area contributed by atoms with Gasteiger partial charge in [-0.3, -0.25) is 9.98 Å². The molecule has 2 aromatic heterocycles. The average Bonchev–Trinajstić information content (AvgIpc) is 3.04. The molecule has 0 amide bonds. The second kappa shape index (κ2) is 7.83. The van der Waals surface area contributed by atoms with Gasteiger partial charge in [-0.1, -0.05) is 18.2 Å². The van der Waals surface area contributed by atoms with E-state index in [4.69, 9.17) is 0 Å². The summed E-state index contributed by atoms with van der Waals surface area (Å²) in [5.74, 6) is 0.793. The second-order valence-electron chi connectivity index (χ2n) is 6.18. The Labute approximate surface area is 148 Å². The number of guanidine groups is 1. The summed E-state index contributed by atoms with van der Waals surface area (Å²) in [5, 5.41) is 8.03. The van der Waals surface area contributed by atoms with Crippen molar-refractivity contribution in [2.45, 2.75) is 26.8 Å².